The highest BCUT2D eigenvalue weighted by atomic mass is 19.1. The summed E-state index contributed by atoms with van der Waals surface area (Å²) in [5.41, 5.74) is 5.11. The Bertz CT molecular complexity index is 1460. The second kappa shape index (κ2) is 10.6. The van der Waals surface area contributed by atoms with Crippen molar-refractivity contribution in [3.63, 3.8) is 0 Å². The number of carbonyl (C=O) groups is 1. The Labute approximate surface area is 211 Å². The number of hydrogen-bond acceptors (Lipinski definition) is 1. The highest BCUT2D eigenvalue weighted by Crippen LogP contribution is 2.35. The van der Waals surface area contributed by atoms with E-state index in [1.54, 1.807) is 12.1 Å². The minimum atomic E-state index is -0.301. The second-order valence-electron chi connectivity index (χ2n) is 9.24. The standard InChI is InChI=1S/C32H29FN2O/c1-35-22-29(27-17-8-9-18-31(27)35)28(25-15-10-16-26(33)20-25)21-32(36)34-30(24-13-6-3-7-14-24)19-23-11-4-2-5-12-23/h2-18,20,22,28,30H,19,21H2,1H3,(H,34,36)/t28-,30+/m0/s1. The predicted octanol–water partition coefficient (Wildman–Crippen LogP) is 6.94. The number of para-hydroxylation sites is 1. The Hall–Kier alpha value is -4.18. The van der Waals surface area contributed by atoms with Gasteiger partial charge in [0.15, 0.2) is 0 Å². The summed E-state index contributed by atoms with van der Waals surface area (Å²) >= 11 is 0. The van der Waals surface area contributed by atoms with Crippen LogP contribution < -0.4 is 5.32 Å². The van der Waals surface area contributed by atoms with E-state index < -0.39 is 0 Å². The van der Waals surface area contributed by atoms with E-state index in [1.807, 2.05) is 73.8 Å². The summed E-state index contributed by atoms with van der Waals surface area (Å²) in [6, 6.07) is 34.8. The molecule has 0 spiro atoms. The molecule has 0 unspecified atom stereocenters. The zero-order valence-corrected chi connectivity index (χ0v) is 20.3. The van der Waals surface area contributed by atoms with Gasteiger partial charge in [-0.05, 0) is 46.9 Å². The second-order valence-corrected chi connectivity index (χ2v) is 9.24. The number of aryl methyl sites for hydroxylation is 1. The van der Waals surface area contributed by atoms with Crippen LogP contribution in [0.5, 0.6) is 0 Å². The number of nitrogens with zero attached hydrogens (tertiary/aromatic N) is 1. The van der Waals surface area contributed by atoms with Crippen LogP contribution in [-0.4, -0.2) is 10.5 Å². The first-order valence-electron chi connectivity index (χ1n) is 12.3. The molecule has 1 N–H and O–H groups in total. The largest absolute Gasteiger partial charge is 0.350 e. The first-order chi connectivity index (χ1) is 17.6. The van der Waals surface area contributed by atoms with Gasteiger partial charge in [-0.2, -0.15) is 0 Å². The van der Waals surface area contributed by atoms with Gasteiger partial charge in [0, 0.05) is 36.5 Å². The van der Waals surface area contributed by atoms with Crippen molar-refractivity contribution in [3.05, 3.63) is 143 Å². The number of amides is 1. The van der Waals surface area contributed by atoms with E-state index in [9.17, 15) is 9.18 Å². The quantitative estimate of drug-likeness (QED) is 0.259. The maximum atomic E-state index is 14.3. The van der Waals surface area contributed by atoms with E-state index in [0.717, 1.165) is 33.2 Å². The van der Waals surface area contributed by atoms with Crippen molar-refractivity contribution < 1.29 is 9.18 Å². The molecule has 5 aromatic rings. The molecular formula is C32H29FN2O. The molecule has 0 aliphatic carbocycles. The van der Waals surface area contributed by atoms with Gasteiger partial charge >= 0.3 is 0 Å². The summed E-state index contributed by atoms with van der Waals surface area (Å²) in [5, 5.41) is 4.36. The topological polar surface area (TPSA) is 34.0 Å². The monoisotopic (exact) mass is 476 g/mol. The average Bonchev–Trinajstić information content (AvgIpc) is 3.24. The molecule has 4 heteroatoms. The molecule has 0 fully saturated rings. The lowest BCUT2D eigenvalue weighted by Crippen LogP contribution is -2.31. The summed E-state index contributed by atoms with van der Waals surface area (Å²) < 4.78 is 16.3. The van der Waals surface area contributed by atoms with Gasteiger partial charge in [-0.1, -0.05) is 91.0 Å². The molecule has 3 nitrogen and oxygen atoms in total. The normalized spacial score (nSPS) is 12.8. The molecule has 36 heavy (non-hydrogen) atoms. The summed E-state index contributed by atoms with van der Waals surface area (Å²) in [5.74, 6) is -0.647. The summed E-state index contributed by atoms with van der Waals surface area (Å²) in [6.07, 6.45) is 2.97. The van der Waals surface area contributed by atoms with Crippen molar-refractivity contribution in [2.24, 2.45) is 7.05 Å². The summed E-state index contributed by atoms with van der Waals surface area (Å²) in [4.78, 5) is 13.6. The van der Waals surface area contributed by atoms with Crippen LogP contribution >= 0.6 is 0 Å². The third kappa shape index (κ3) is 5.23. The molecule has 5 rings (SSSR count). The van der Waals surface area contributed by atoms with E-state index in [4.69, 9.17) is 0 Å². The molecule has 1 aromatic heterocycles. The molecule has 180 valence electrons. The van der Waals surface area contributed by atoms with E-state index in [2.05, 4.69) is 40.3 Å². The fourth-order valence-corrected chi connectivity index (χ4v) is 5.01. The lowest BCUT2D eigenvalue weighted by molar-refractivity contribution is -0.122. The molecule has 0 aliphatic rings. The Balaban J connectivity index is 1.47. The highest BCUT2D eigenvalue weighted by molar-refractivity contribution is 5.86. The molecule has 4 aromatic carbocycles. The van der Waals surface area contributed by atoms with Crippen LogP contribution in [0.4, 0.5) is 4.39 Å². The van der Waals surface area contributed by atoms with Crippen molar-refractivity contribution in [1.82, 2.24) is 9.88 Å². The molecule has 2 atom stereocenters. The van der Waals surface area contributed by atoms with Gasteiger partial charge in [0.1, 0.15) is 5.82 Å². The zero-order valence-electron chi connectivity index (χ0n) is 20.3. The Morgan fingerprint density at radius 1 is 0.833 bits per heavy atom. The fraction of sp³-hybridized carbons (Fsp3) is 0.156. The summed E-state index contributed by atoms with van der Waals surface area (Å²) in [6.45, 7) is 0. The number of rotatable bonds is 8. The van der Waals surface area contributed by atoms with E-state index in [0.29, 0.717) is 6.42 Å². The summed E-state index contributed by atoms with van der Waals surface area (Å²) in [7, 11) is 2.00. The van der Waals surface area contributed by atoms with Crippen molar-refractivity contribution in [2.75, 3.05) is 0 Å². The lowest BCUT2D eigenvalue weighted by Gasteiger charge is -2.22. The molecule has 0 bridgehead atoms. The van der Waals surface area contributed by atoms with Crippen LogP contribution in [0, 0.1) is 5.82 Å². The molecule has 0 saturated carbocycles. The average molecular weight is 477 g/mol. The number of aromatic nitrogens is 1. The molecule has 0 aliphatic heterocycles. The Morgan fingerprint density at radius 3 is 2.25 bits per heavy atom. The molecular weight excluding hydrogens is 447 g/mol. The van der Waals surface area contributed by atoms with E-state index >= 15 is 0 Å². The van der Waals surface area contributed by atoms with Crippen LogP contribution in [0.2, 0.25) is 0 Å². The Morgan fingerprint density at radius 2 is 1.50 bits per heavy atom. The van der Waals surface area contributed by atoms with E-state index in [1.165, 1.54) is 6.07 Å². The van der Waals surface area contributed by atoms with Crippen molar-refractivity contribution in [3.8, 4) is 0 Å². The number of benzene rings is 4. The molecule has 1 amide bonds. The van der Waals surface area contributed by atoms with Crippen LogP contribution in [-0.2, 0) is 18.3 Å². The number of fused-ring (bicyclic) bond motifs is 1. The third-order valence-corrected chi connectivity index (χ3v) is 6.76. The predicted molar refractivity (Wildman–Crippen MR) is 143 cm³/mol. The maximum absolute atomic E-state index is 14.3. The van der Waals surface area contributed by atoms with Gasteiger partial charge < -0.3 is 9.88 Å². The minimum absolute atomic E-state index is 0.0676. The van der Waals surface area contributed by atoms with Crippen LogP contribution in [0.25, 0.3) is 10.9 Å². The maximum Gasteiger partial charge on any atom is 0.221 e. The molecule has 0 saturated heterocycles. The lowest BCUT2D eigenvalue weighted by atomic mass is 9.87. The smallest absolute Gasteiger partial charge is 0.221 e. The number of halogens is 1. The van der Waals surface area contributed by atoms with Gasteiger partial charge in [-0.3, -0.25) is 4.79 Å². The van der Waals surface area contributed by atoms with Crippen LogP contribution in [0.15, 0.2) is 115 Å². The van der Waals surface area contributed by atoms with E-state index in [-0.39, 0.29) is 30.1 Å². The first kappa shape index (κ1) is 23.6. The van der Waals surface area contributed by atoms with Gasteiger partial charge in [-0.15, -0.1) is 0 Å². The number of hydrogen-bond donors (Lipinski definition) is 1. The zero-order chi connectivity index (χ0) is 24.9. The van der Waals surface area contributed by atoms with Gasteiger partial charge in [0.25, 0.3) is 0 Å². The van der Waals surface area contributed by atoms with Crippen molar-refractivity contribution >= 4 is 16.8 Å². The first-order valence-corrected chi connectivity index (χ1v) is 12.3. The fourth-order valence-electron chi connectivity index (χ4n) is 5.01. The van der Waals surface area contributed by atoms with Crippen molar-refractivity contribution in [2.45, 2.75) is 24.8 Å². The number of carbonyl (C=O) groups excluding carboxylic acids is 1. The minimum Gasteiger partial charge on any atom is -0.350 e. The van der Waals surface area contributed by atoms with Crippen molar-refractivity contribution in [1.29, 1.82) is 0 Å². The van der Waals surface area contributed by atoms with Gasteiger partial charge in [0.2, 0.25) is 5.91 Å². The molecule has 0 radical (unpaired) electrons. The van der Waals surface area contributed by atoms with Gasteiger partial charge in [0.05, 0.1) is 6.04 Å². The van der Waals surface area contributed by atoms with Crippen LogP contribution in [0.1, 0.15) is 40.6 Å². The van der Waals surface area contributed by atoms with Gasteiger partial charge in [-0.25, -0.2) is 4.39 Å². The Kier molecular flexibility index (Phi) is 6.94. The van der Waals surface area contributed by atoms with Crippen LogP contribution in [0.3, 0.4) is 0 Å². The number of nitrogens with one attached hydrogen (secondary N) is 1. The molecule has 1 heterocycles. The third-order valence-electron chi connectivity index (χ3n) is 6.76. The highest BCUT2D eigenvalue weighted by Gasteiger charge is 2.24. The SMILES string of the molecule is Cn1cc([C@@H](CC(=O)N[C@H](Cc2ccccc2)c2ccccc2)c2cccc(F)c2)c2ccccc21.